The van der Waals surface area contributed by atoms with Crippen LogP contribution >= 0.6 is 0 Å². The summed E-state index contributed by atoms with van der Waals surface area (Å²) in [5, 5.41) is 14.3. The van der Waals surface area contributed by atoms with Gasteiger partial charge in [0.05, 0.1) is 17.6 Å². The van der Waals surface area contributed by atoms with E-state index >= 15 is 0 Å². The lowest BCUT2D eigenvalue weighted by molar-refractivity contribution is 0.102. The minimum atomic E-state index is -0.253. The number of hydrogen-bond donors (Lipinski definition) is 2. The number of nitrogens with one attached hydrogen (secondary N) is 2. The average molecular weight is 413 g/mol. The second-order valence-corrected chi connectivity index (χ2v) is 7.53. The summed E-state index contributed by atoms with van der Waals surface area (Å²) in [6, 6.07) is 19.4. The number of rotatable bonds is 5. The number of amides is 1. The SMILES string of the molecule is O=C(Nc1nc(N2CCCCC2)n[nH]1)c1cccc(-n2nccc2-c2ccccc2)c1. The van der Waals surface area contributed by atoms with Crippen molar-refractivity contribution in [2.75, 3.05) is 23.3 Å². The zero-order valence-electron chi connectivity index (χ0n) is 17.0. The van der Waals surface area contributed by atoms with Gasteiger partial charge in [-0.05, 0) is 43.5 Å². The van der Waals surface area contributed by atoms with E-state index < -0.39 is 0 Å². The van der Waals surface area contributed by atoms with Crippen molar-refractivity contribution >= 4 is 17.8 Å². The number of carbonyl (C=O) groups is 1. The molecule has 31 heavy (non-hydrogen) atoms. The van der Waals surface area contributed by atoms with Crippen LogP contribution in [0.4, 0.5) is 11.9 Å². The first-order valence-corrected chi connectivity index (χ1v) is 10.5. The van der Waals surface area contributed by atoms with Gasteiger partial charge in [0.25, 0.3) is 5.91 Å². The van der Waals surface area contributed by atoms with E-state index in [9.17, 15) is 4.79 Å². The molecule has 4 aromatic rings. The van der Waals surface area contributed by atoms with Gasteiger partial charge in [-0.15, -0.1) is 5.10 Å². The molecule has 1 aliphatic heterocycles. The van der Waals surface area contributed by atoms with Gasteiger partial charge in [0.2, 0.25) is 11.9 Å². The number of aromatic amines is 1. The summed E-state index contributed by atoms with van der Waals surface area (Å²) in [7, 11) is 0. The maximum atomic E-state index is 12.8. The Bertz CT molecular complexity index is 1180. The van der Waals surface area contributed by atoms with Crippen LogP contribution in [0.1, 0.15) is 29.6 Å². The van der Waals surface area contributed by atoms with E-state index in [1.54, 1.807) is 12.3 Å². The molecule has 1 saturated heterocycles. The van der Waals surface area contributed by atoms with Gasteiger partial charge in [0.15, 0.2) is 0 Å². The van der Waals surface area contributed by atoms with E-state index in [4.69, 9.17) is 0 Å². The van der Waals surface area contributed by atoms with Gasteiger partial charge < -0.3 is 4.90 Å². The molecule has 8 nitrogen and oxygen atoms in total. The first-order valence-electron chi connectivity index (χ1n) is 10.5. The number of carbonyl (C=O) groups excluding carboxylic acids is 1. The minimum Gasteiger partial charge on any atom is -0.340 e. The molecule has 5 rings (SSSR count). The van der Waals surface area contributed by atoms with Gasteiger partial charge in [-0.2, -0.15) is 10.1 Å². The van der Waals surface area contributed by atoms with E-state index in [1.807, 2.05) is 59.3 Å². The Kier molecular flexibility index (Phi) is 5.18. The van der Waals surface area contributed by atoms with Gasteiger partial charge in [0.1, 0.15) is 0 Å². The monoisotopic (exact) mass is 413 g/mol. The molecule has 1 amide bonds. The van der Waals surface area contributed by atoms with Crippen molar-refractivity contribution in [1.29, 1.82) is 0 Å². The summed E-state index contributed by atoms with van der Waals surface area (Å²) < 4.78 is 1.83. The lowest BCUT2D eigenvalue weighted by atomic mass is 10.1. The minimum absolute atomic E-state index is 0.253. The highest BCUT2D eigenvalue weighted by Gasteiger charge is 2.17. The molecule has 8 heteroatoms. The number of H-pyrrole nitrogens is 1. The number of aromatic nitrogens is 5. The Balaban J connectivity index is 1.35. The van der Waals surface area contributed by atoms with Gasteiger partial charge >= 0.3 is 0 Å². The van der Waals surface area contributed by atoms with Crippen LogP contribution < -0.4 is 10.2 Å². The van der Waals surface area contributed by atoms with E-state index in [0.29, 0.717) is 17.5 Å². The zero-order valence-corrected chi connectivity index (χ0v) is 17.0. The van der Waals surface area contributed by atoms with Crippen LogP contribution in [0.25, 0.3) is 16.9 Å². The quantitative estimate of drug-likeness (QED) is 0.518. The molecular weight excluding hydrogens is 390 g/mol. The Morgan fingerprint density at radius 3 is 2.65 bits per heavy atom. The molecule has 1 fully saturated rings. The van der Waals surface area contributed by atoms with Crippen molar-refractivity contribution in [2.24, 2.45) is 0 Å². The maximum absolute atomic E-state index is 12.8. The highest BCUT2D eigenvalue weighted by atomic mass is 16.1. The lowest BCUT2D eigenvalue weighted by Crippen LogP contribution is -2.30. The molecular formula is C23H23N7O. The van der Waals surface area contributed by atoms with Crippen molar-refractivity contribution in [3.63, 3.8) is 0 Å². The van der Waals surface area contributed by atoms with Crippen LogP contribution in [0, 0.1) is 0 Å². The van der Waals surface area contributed by atoms with E-state index in [1.165, 1.54) is 6.42 Å². The molecule has 0 radical (unpaired) electrons. The predicted octanol–water partition coefficient (Wildman–Crippen LogP) is 3.90. The molecule has 0 bridgehead atoms. The third-order valence-electron chi connectivity index (χ3n) is 5.41. The van der Waals surface area contributed by atoms with Crippen molar-refractivity contribution in [3.8, 4) is 16.9 Å². The Labute approximate surface area is 179 Å². The first kappa shape index (κ1) is 19.0. The van der Waals surface area contributed by atoms with Crippen molar-refractivity contribution in [2.45, 2.75) is 19.3 Å². The molecule has 3 heterocycles. The van der Waals surface area contributed by atoms with E-state index in [-0.39, 0.29) is 5.91 Å². The van der Waals surface area contributed by atoms with Crippen molar-refractivity contribution in [3.05, 3.63) is 72.4 Å². The lowest BCUT2D eigenvalue weighted by Gasteiger charge is -2.24. The molecule has 0 saturated carbocycles. The second-order valence-electron chi connectivity index (χ2n) is 7.53. The number of anilines is 2. The Morgan fingerprint density at radius 2 is 1.81 bits per heavy atom. The average Bonchev–Trinajstić information content (AvgIpc) is 3.50. The van der Waals surface area contributed by atoms with Gasteiger partial charge in [-0.3, -0.25) is 10.1 Å². The molecule has 1 aliphatic rings. The fourth-order valence-electron chi connectivity index (χ4n) is 3.84. The highest BCUT2D eigenvalue weighted by molar-refractivity contribution is 6.03. The number of nitrogens with zero attached hydrogens (tertiary/aromatic N) is 5. The number of piperidine rings is 1. The van der Waals surface area contributed by atoms with Crippen LogP contribution in [0.2, 0.25) is 0 Å². The molecule has 2 aromatic heterocycles. The van der Waals surface area contributed by atoms with Crippen LogP contribution in [0.5, 0.6) is 0 Å². The van der Waals surface area contributed by atoms with Gasteiger partial charge in [0, 0.05) is 24.2 Å². The Morgan fingerprint density at radius 1 is 0.968 bits per heavy atom. The molecule has 0 unspecified atom stereocenters. The summed E-state index contributed by atoms with van der Waals surface area (Å²) in [5.74, 6) is 0.726. The third-order valence-corrected chi connectivity index (χ3v) is 5.41. The van der Waals surface area contributed by atoms with E-state index in [2.05, 4.69) is 30.5 Å². The zero-order chi connectivity index (χ0) is 21.0. The summed E-state index contributed by atoms with van der Waals surface area (Å²) in [6.45, 7) is 1.89. The third kappa shape index (κ3) is 4.05. The van der Waals surface area contributed by atoms with Crippen molar-refractivity contribution in [1.82, 2.24) is 25.0 Å². The summed E-state index contributed by atoms with van der Waals surface area (Å²) >= 11 is 0. The predicted molar refractivity (Wildman–Crippen MR) is 119 cm³/mol. The summed E-state index contributed by atoms with van der Waals surface area (Å²) in [5.41, 5.74) is 3.34. The number of hydrogen-bond acceptors (Lipinski definition) is 5. The normalized spacial score (nSPS) is 13.9. The Hall–Kier alpha value is -3.94. The topological polar surface area (TPSA) is 91.7 Å². The van der Waals surface area contributed by atoms with Crippen LogP contribution in [-0.2, 0) is 0 Å². The largest absolute Gasteiger partial charge is 0.340 e. The number of benzene rings is 2. The summed E-state index contributed by atoms with van der Waals surface area (Å²) in [6.07, 6.45) is 5.28. The van der Waals surface area contributed by atoms with Gasteiger partial charge in [-0.25, -0.2) is 9.78 Å². The standard InChI is InChI=1S/C23H23N7O/c31-21(25-22-26-23(28-27-22)29-14-5-2-6-15-29)18-10-7-11-19(16-18)30-20(12-13-24-30)17-8-3-1-4-9-17/h1,3-4,7-13,16H,2,5-6,14-15H2,(H2,25,26,27,28,31). The summed E-state index contributed by atoms with van der Waals surface area (Å²) in [4.78, 5) is 19.4. The van der Waals surface area contributed by atoms with Crippen LogP contribution in [0.15, 0.2) is 66.9 Å². The van der Waals surface area contributed by atoms with Gasteiger partial charge in [-0.1, -0.05) is 36.4 Å². The second kappa shape index (κ2) is 8.43. The smallest absolute Gasteiger partial charge is 0.258 e. The highest BCUT2D eigenvalue weighted by Crippen LogP contribution is 2.23. The molecule has 0 aliphatic carbocycles. The molecule has 2 aromatic carbocycles. The molecule has 156 valence electrons. The van der Waals surface area contributed by atoms with E-state index in [0.717, 1.165) is 42.9 Å². The maximum Gasteiger partial charge on any atom is 0.258 e. The van der Waals surface area contributed by atoms with Crippen LogP contribution in [-0.4, -0.2) is 44.0 Å². The fraction of sp³-hybridized carbons (Fsp3) is 0.217. The fourth-order valence-corrected chi connectivity index (χ4v) is 3.84. The van der Waals surface area contributed by atoms with Crippen molar-refractivity contribution < 1.29 is 4.79 Å². The molecule has 0 atom stereocenters. The molecule has 2 N–H and O–H groups in total. The molecule has 0 spiro atoms. The van der Waals surface area contributed by atoms with Crippen LogP contribution in [0.3, 0.4) is 0 Å². The first-order chi connectivity index (χ1) is 15.3.